The third kappa shape index (κ3) is 4.72. The fraction of sp³-hybridized carbons (Fsp3) is 0.385. The Hall–Kier alpha value is -2.86. The van der Waals surface area contributed by atoms with Crippen LogP contribution < -0.4 is 5.32 Å². The van der Waals surface area contributed by atoms with Gasteiger partial charge in [-0.1, -0.05) is 11.6 Å². The zero-order chi connectivity index (χ0) is 27.2. The van der Waals surface area contributed by atoms with Gasteiger partial charge in [-0.3, -0.25) is 9.48 Å². The molecule has 5 rings (SSSR count). The van der Waals surface area contributed by atoms with Crippen LogP contribution in [-0.2, 0) is 16.4 Å². The van der Waals surface area contributed by atoms with Crippen molar-refractivity contribution in [3.05, 3.63) is 77.1 Å². The van der Waals surface area contributed by atoms with Crippen LogP contribution in [0.25, 0.3) is 0 Å². The van der Waals surface area contributed by atoms with E-state index < -0.39 is 56.2 Å². The molecule has 1 aromatic heterocycles. The van der Waals surface area contributed by atoms with E-state index in [-0.39, 0.29) is 40.6 Å². The maximum atomic E-state index is 13.7. The summed E-state index contributed by atoms with van der Waals surface area (Å²) in [6, 6.07) is 8.40. The first kappa shape index (κ1) is 26.7. The number of rotatable bonds is 7. The standard InChI is InChI=1S/C26H26ClF2N3O5S/c27-20-6-2-15(25(34)31-18-5-7-21(28)22(29)13-18)10-23(20)38(36,37)19-11-16-3-4-17(12-19)26(16,35)24(33)14-32-9-1-8-30-32/h1-2,5-10,13,16-17,19,24,33,35H,3-4,11-12,14H2,(H,31,34)/t16?,17?,19-,24?,26+. The molecule has 3 aromatic rings. The van der Waals surface area contributed by atoms with Crippen LogP contribution in [0, 0.1) is 23.5 Å². The fourth-order valence-corrected chi connectivity index (χ4v) is 8.29. The number of nitrogens with zero attached hydrogens (tertiary/aromatic N) is 2. The van der Waals surface area contributed by atoms with Crippen LogP contribution in [0.4, 0.5) is 14.5 Å². The van der Waals surface area contributed by atoms with E-state index >= 15 is 0 Å². The van der Waals surface area contributed by atoms with Crippen LogP contribution >= 0.6 is 11.6 Å². The Bertz CT molecular complexity index is 1450. The van der Waals surface area contributed by atoms with E-state index in [4.69, 9.17) is 11.6 Å². The lowest BCUT2D eigenvalue weighted by Crippen LogP contribution is -2.56. The van der Waals surface area contributed by atoms with Crippen molar-refractivity contribution in [1.82, 2.24) is 9.78 Å². The summed E-state index contributed by atoms with van der Waals surface area (Å²) in [6.07, 6.45) is 3.56. The molecule has 2 aliphatic rings. The van der Waals surface area contributed by atoms with Gasteiger partial charge in [0.15, 0.2) is 21.5 Å². The van der Waals surface area contributed by atoms with Gasteiger partial charge in [0.25, 0.3) is 5.91 Å². The number of hydrogen-bond acceptors (Lipinski definition) is 6. The summed E-state index contributed by atoms with van der Waals surface area (Å²) in [5.41, 5.74) is -1.46. The second-order valence-corrected chi connectivity index (χ2v) is 12.6. The van der Waals surface area contributed by atoms with E-state index in [2.05, 4.69) is 10.4 Å². The van der Waals surface area contributed by atoms with Gasteiger partial charge in [0.05, 0.1) is 27.3 Å². The van der Waals surface area contributed by atoms with E-state index in [1.54, 1.807) is 18.5 Å². The van der Waals surface area contributed by atoms with Crippen LogP contribution in [0.2, 0.25) is 5.02 Å². The van der Waals surface area contributed by atoms with E-state index in [9.17, 15) is 32.2 Å². The highest BCUT2D eigenvalue weighted by Gasteiger charge is 2.59. The largest absolute Gasteiger partial charge is 0.388 e. The van der Waals surface area contributed by atoms with Gasteiger partial charge in [-0.25, -0.2) is 17.2 Å². The molecule has 3 atom stereocenters. The Balaban J connectivity index is 1.36. The molecule has 2 aliphatic carbocycles. The molecular weight excluding hydrogens is 540 g/mol. The third-order valence-electron chi connectivity index (χ3n) is 7.84. The summed E-state index contributed by atoms with van der Waals surface area (Å²) < 4.78 is 55.7. The predicted octanol–water partition coefficient (Wildman–Crippen LogP) is 3.82. The van der Waals surface area contributed by atoms with Gasteiger partial charge in [0.2, 0.25) is 0 Å². The summed E-state index contributed by atoms with van der Waals surface area (Å²) in [5, 5.41) is 28.0. The summed E-state index contributed by atoms with van der Waals surface area (Å²) >= 11 is 6.28. The first-order chi connectivity index (χ1) is 18.0. The smallest absolute Gasteiger partial charge is 0.255 e. The van der Waals surface area contributed by atoms with Crippen LogP contribution in [0.3, 0.4) is 0 Å². The Morgan fingerprint density at radius 1 is 1.16 bits per heavy atom. The number of carbonyl (C=O) groups excluding carboxylic acids is 1. The zero-order valence-electron chi connectivity index (χ0n) is 20.1. The van der Waals surface area contributed by atoms with Gasteiger partial charge < -0.3 is 15.5 Å². The minimum atomic E-state index is -4.02. The first-order valence-electron chi connectivity index (χ1n) is 12.2. The number of halogens is 3. The number of amides is 1. The number of nitrogens with one attached hydrogen (secondary N) is 1. The molecule has 2 bridgehead atoms. The monoisotopic (exact) mass is 565 g/mol. The molecule has 0 spiro atoms. The summed E-state index contributed by atoms with van der Waals surface area (Å²) in [4.78, 5) is 12.5. The summed E-state index contributed by atoms with van der Waals surface area (Å²) in [6.45, 7) is 0.0921. The van der Waals surface area contributed by atoms with Crippen molar-refractivity contribution < 1.29 is 32.2 Å². The molecule has 3 N–H and O–H groups in total. The first-order valence-corrected chi connectivity index (χ1v) is 14.1. The van der Waals surface area contributed by atoms with Crippen molar-refractivity contribution >= 4 is 33.0 Å². The van der Waals surface area contributed by atoms with Crippen LogP contribution in [-0.4, -0.2) is 51.3 Å². The molecule has 38 heavy (non-hydrogen) atoms. The lowest BCUT2D eigenvalue weighted by Gasteiger charge is -2.45. The van der Waals surface area contributed by atoms with Gasteiger partial charge in [-0.15, -0.1) is 0 Å². The SMILES string of the molecule is O=C(Nc1ccc(F)c(F)c1)c1ccc(Cl)c(S(=O)(=O)[C@H]2CC3CCC(C2)[C@@]3(O)C(O)Cn2cccn2)c1. The highest BCUT2D eigenvalue weighted by Crippen LogP contribution is 2.53. The molecule has 0 aliphatic heterocycles. The van der Waals surface area contributed by atoms with Crippen LogP contribution in [0.15, 0.2) is 59.8 Å². The Kier molecular flexibility index (Phi) is 7.06. The van der Waals surface area contributed by atoms with Crippen molar-refractivity contribution in [1.29, 1.82) is 0 Å². The minimum absolute atomic E-state index is 0.00469. The van der Waals surface area contributed by atoms with Gasteiger partial charge in [0.1, 0.15) is 6.10 Å². The second kappa shape index (κ2) is 10.0. The number of hydrogen-bond donors (Lipinski definition) is 3. The molecule has 2 fully saturated rings. The lowest BCUT2D eigenvalue weighted by molar-refractivity contribution is -0.147. The summed E-state index contributed by atoms with van der Waals surface area (Å²) in [5.74, 6) is -3.80. The maximum absolute atomic E-state index is 13.7. The molecule has 2 saturated carbocycles. The number of fused-ring (bicyclic) bond motifs is 2. The minimum Gasteiger partial charge on any atom is -0.388 e. The van der Waals surface area contributed by atoms with Crippen LogP contribution in [0.1, 0.15) is 36.0 Å². The normalized spacial score (nSPS) is 25.8. The fourth-order valence-electron chi connectivity index (χ4n) is 5.89. The molecule has 0 radical (unpaired) electrons. The van der Waals surface area contributed by atoms with E-state index in [0.717, 1.165) is 12.1 Å². The lowest BCUT2D eigenvalue weighted by atomic mass is 9.71. The van der Waals surface area contributed by atoms with E-state index in [0.29, 0.717) is 12.8 Å². The molecule has 0 saturated heterocycles. The molecule has 12 heteroatoms. The summed E-state index contributed by atoms with van der Waals surface area (Å²) in [7, 11) is -4.02. The Morgan fingerprint density at radius 3 is 2.50 bits per heavy atom. The average molecular weight is 566 g/mol. The molecule has 202 valence electrons. The number of anilines is 1. The third-order valence-corrected chi connectivity index (χ3v) is 10.5. The van der Waals surface area contributed by atoms with Crippen molar-refractivity contribution in [2.45, 2.75) is 54.1 Å². The number of sulfone groups is 1. The van der Waals surface area contributed by atoms with Crippen molar-refractivity contribution in [3.8, 4) is 0 Å². The topological polar surface area (TPSA) is 122 Å². The number of carbonyl (C=O) groups is 1. The molecule has 1 amide bonds. The van der Waals surface area contributed by atoms with Gasteiger partial charge >= 0.3 is 0 Å². The maximum Gasteiger partial charge on any atom is 0.255 e. The van der Waals surface area contributed by atoms with Crippen molar-refractivity contribution in [2.75, 3.05) is 5.32 Å². The Labute approximate surface area is 223 Å². The van der Waals surface area contributed by atoms with Crippen molar-refractivity contribution in [3.63, 3.8) is 0 Å². The molecule has 2 aromatic carbocycles. The second-order valence-electron chi connectivity index (χ2n) is 9.97. The average Bonchev–Trinajstić information content (AvgIpc) is 3.42. The Morgan fingerprint density at radius 2 is 1.87 bits per heavy atom. The number of aromatic nitrogens is 2. The quantitative estimate of drug-likeness (QED) is 0.400. The van der Waals surface area contributed by atoms with Gasteiger partial charge in [-0.05, 0) is 73.9 Å². The van der Waals surface area contributed by atoms with E-state index in [1.165, 1.54) is 28.9 Å². The molecular formula is C26H26ClF2N3O5S. The predicted molar refractivity (Wildman–Crippen MR) is 135 cm³/mol. The van der Waals surface area contributed by atoms with Gasteiger partial charge in [0, 0.05) is 29.7 Å². The van der Waals surface area contributed by atoms with Crippen LogP contribution in [0.5, 0.6) is 0 Å². The van der Waals surface area contributed by atoms with Crippen molar-refractivity contribution in [2.24, 2.45) is 11.8 Å². The molecule has 1 heterocycles. The van der Waals surface area contributed by atoms with E-state index in [1.807, 2.05) is 0 Å². The number of benzene rings is 2. The number of aliphatic hydroxyl groups excluding tert-OH is 1. The molecule has 8 nitrogen and oxygen atoms in total. The zero-order valence-corrected chi connectivity index (χ0v) is 21.7. The highest BCUT2D eigenvalue weighted by atomic mass is 35.5. The molecule has 3 unspecified atom stereocenters. The highest BCUT2D eigenvalue weighted by molar-refractivity contribution is 7.92. The number of aliphatic hydroxyl groups is 2. The van der Waals surface area contributed by atoms with Gasteiger partial charge in [-0.2, -0.15) is 5.10 Å².